The van der Waals surface area contributed by atoms with Gasteiger partial charge in [-0.2, -0.15) is 4.31 Å². The van der Waals surface area contributed by atoms with Crippen LogP contribution in [0.1, 0.15) is 18.1 Å². The monoisotopic (exact) mass is 463 g/mol. The summed E-state index contributed by atoms with van der Waals surface area (Å²) in [4.78, 5) is 6.05. The fourth-order valence-electron chi connectivity index (χ4n) is 3.82. The molecule has 0 bridgehead atoms. The molecule has 2 aromatic rings. The number of aryl methyl sites for hydroxylation is 2. The molecule has 1 fully saturated rings. The molecule has 0 amide bonds. The number of rotatable bonds is 4. The van der Waals surface area contributed by atoms with Gasteiger partial charge < -0.3 is 4.90 Å². The average molecular weight is 464 g/mol. The van der Waals surface area contributed by atoms with Gasteiger partial charge in [0.25, 0.3) is 0 Å². The highest BCUT2D eigenvalue weighted by Crippen LogP contribution is 2.34. The Labute approximate surface area is 187 Å². The van der Waals surface area contributed by atoms with E-state index in [-0.39, 0.29) is 0 Å². The summed E-state index contributed by atoms with van der Waals surface area (Å²) in [6, 6.07) is 6.38. The number of halogens is 1. The third-order valence-electron chi connectivity index (χ3n) is 5.86. The molecule has 1 aromatic heterocycles. The van der Waals surface area contributed by atoms with Crippen molar-refractivity contribution >= 4 is 38.1 Å². The molecule has 5 nitrogen and oxygen atoms in total. The Kier molecular flexibility index (Phi) is 5.83. The number of piperazine rings is 1. The Hall–Kier alpha value is -1.67. The second kappa shape index (κ2) is 8.11. The van der Waals surface area contributed by atoms with Crippen LogP contribution in [-0.2, 0) is 10.0 Å². The van der Waals surface area contributed by atoms with E-state index >= 15 is 0 Å². The largest absolute Gasteiger partial charge is 0.345 e. The van der Waals surface area contributed by atoms with E-state index in [4.69, 9.17) is 16.6 Å². The van der Waals surface area contributed by atoms with Crippen molar-refractivity contribution in [1.82, 2.24) is 9.29 Å². The quantitative estimate of drug-likeness (QED) is 0.632. The molecule has 1 aliphatic heterocycles. The number of benzene rings is 1. The normalized spacial score (nSPS) is 25.1. The van der Waals surface area contributed by atoms with Crippen molar-refractivity contribution in [2.24, 2.45) is 0 Å². The van der Waals surface area contributed by atoms with Gasteiger partial charge in [-0.15, -0.1) is 22.9 Å². The van der Waals surface area contributed by atoms with Crippen molar-refractivity contribution in [3.63, 3.8) is 0 Å². The van der Waals surface area contributed by atoms with Crippen LogP contribution < -0.4 is 4.90 Å². The summed E-state index contributed by atoms with van der Waals surface area (Å²) in [6.07, 6.45) is 6.99. The van der Waals surface area contributed by atoms with Gasteiger partial charge in [-0.1, -0.05) is 36.4 Å². The van der Waals surface area contributed by atoms with Gasteiger partial charge in [0.2, 0.25) is 10.0 Å². The minimum Gasteiger partial charge on any atom is -0.345 e. The lowest BCUT2D eigenvalue weighted by atomic mass is 10.0. The van der Waals surface area contributed by atoms with Gasteiger partial charge >= 0.3 is 0 Å². The number of hydrogen-bond donors (Lipinski definition) is 0. The molecule has 4 rings (SSSR count). The number of aromatic nitrogens is 1. The van der Waals surface area contributed by atoms with Crippen LogP contribution in [0, 0.1) is 13.8 Å². The van der Waals surface area contributed by atoms with Crippen molar-refractivity contribution in [1.29, 1.82) is 0 Å². The number of alkyl halides is 1. The molecule has 2 heterocycles. The van der Waals surface area contributed by atoms with Crippen molar-refractivity contribution in [3.8, 4) is 11.3 Å². The molecule has 0 N–H and O–H groups in total. The van der Waals surface area contributed by atoms with E-state index < -0.39 is 20.1 Å². The highest BCUT2D eigenvalue weighted by Gasteiger charge is 2.43. The van der Waals surface area contributed by atoms with Gasteiger partial charge in [-0.3, -0.25) is 0 Å². The van der Waals surface area contributed by atoms with Crippen LogP contribution in [0.2, 0.25) is 0 Å². The SMILES string of the molecule is Cc1ccc(-c2csc(N3CCN(S(=O)(=O)C4C=CC=CC4(C)Cl)CC3)n2)cc1C. The summed E-state index contributed by atoms with van der Waals surface area (Å²) in [5.74, 6) is 0. The van der Waals surface area contributed by atoms with E-state index in [1.54, 1.807) is 46.9 Å². The molecular formula is C22H26ClN3O2S2. The molecule has 30 heavy (non-hydrogen) atoms. The molecular weight excluding hydrogens is 438 g/mol. The van der Waals surface area contributed by atoms with Crippen LogP contribution in [0.5, 0.6) is 0 Å². The first-order valence-corrected chi connectivity index (χ1v) is 12.8. The van der Waals surface area contributed by atoms with Crippen LogP contribution in [-0.4, -0.2) is 54.0 Å². The third kappa shape index (κ3) is 4.08. The fraction of sp³-hybridized carbons (Fsp3) is 0.409. The molecule has 2 unspecified atom stereocenters. The topological polar surface area (TPSA) is 53.5 Å². The number of nitrogens with zero attached hydrogens (tertiary/aromatic N) is 3. The zero-order valence-electron chi connectivity index (χ0n) is 17.4. The third-order valence-corrected chi connectivity index (χ3v) is 9.63. The Morgan fingerprint density at radius 2 is 1.87 bits per heavy atom. The fourth-order valence-corrected chi connectivity index (χ4v) is 7.14. The zero-order chi connectivity index (χ0) is 21.5. The minimum absolute atomic E-state index is 0.432. The van der Waals surface area contributed by atoms with E-state index in [2.05, 4.69) is 42.3 Å². The zero-order valence-corrected chi connectivity index (χ0v) is 19.8. The maximum absolute atomic E-state index is 13.2. The van der Waals surface area contributed by atoms with Crippen molar-refractivity contribution < 1.29 is 8.42 Å². The Morgan fingerprint density at radius 3 is 2.53 bits per heavy atom. The number of sulfonamides is 1. The molecule has 0 spiro atoms. The first-order valence-electron chi connectivity index (χ1n) is 10.0. The highest BCUT2D eigenvalue weighted by atomic mass is 35.5. The van der Waals surface area contributed by atoms with E-state index in [9.17, 15) is 8.42 Å². The van der Waals surface area contributed by atoms with Gasteiger partial charge in [0, 0.05) is 37.1 Å². The summed E-state index contributed by atoms with van der Waals surface area (Å²) in [5.41, 5.74) is 4.59. The molecule has 0 saturated carbocycles. The van der Waals surface area contributed by atoms with E-state index in [1.807, 2.05) is 0 Å². The minimum atomic E-state index is -3.53. The van der Waals surface area contributed by atoms with Crippen molar-refractivity contribution in [3.05, 3.63) is 59.0 Å². The number of allylic oxidation sites excluding steroid dienone is 3. The Bertz CT molecular complexity index is 1100. The lowest BCUT2D eigenvalue weighted by molar-refractivity contribution is 0.379. The summed E-state index contributed by atoms with van der Waals surface area (Å²) < 4.78 is 27.9. The molecule has 2 atom stereocenters. The molecule has 2 aliphatic rings. The number of anilines is 1. The van der Waals surface area contributed by atoms with Crippen LogP contribution >= 0.6 is 22.9 Å². The number of thiazole rings is 1. The Balaban J connectivity index is 1.45. The molecule has 1 aromatic carbocycles. The van der Waals surface area contributed by atoms with Gasteiger partial charge in [0.1, 0.15) is 5.25 Å². The lowest BCUT2D eigenvalue weighted by Crippen LogP contribution is -2.54. The highest BCUT2D eigenvalue weighted by molar-refractivity contribution is 7.90. The molecule has 8 heteroatoms. The molecule has 160 valence electrons. The first-order chi connectivity index (χ1) is 14.2. The van der Waals surface area contributed by atoms with Crippen LogP contribution in [0.25, 0.3) is 11.3 Å². The summed E-state index contributed by atoms with van der Waals surface area (Å²) in [6.45, 7) is 8.05. The molecule has 1 aliphatic carbocycles. The van der Waals surface area contributed by atoms with Gasteiger partial charge in [-0.05, 0) is 38.0 Å². The van der Waals surface area contributed by atoms with Crippen molar-refractivity contribution in [2.75, 3.05) is 31.1 Å². The second-order valence-electron chi connectivity index (χ2n) is 8.06. The van der Waals surface area contributed by atoms with Gasteiger partial charge in [0.05, 0.1) is 10.6 Å². The summed E-state index contributed by atoms with van der Waals surface area (Å²) >= 11 is 8.09. The molecule has 1 saturated heterocycles. The maximum Gasteiger partial charge on any atom is 0.222 e. The predicted molar refractivity (Wildman–Crippen MR) is 126 cm³/mol. The lowest BCUT2D eigenvalue weighted by Gasteiger charge is -2.38. The van der Waals surface area contributed by atoms with Gasteiger partial charge in [-0.25, -0.2) is 13.4 Å². The van der Waals surface area contributed by atoms with Crippen LogP contribution in [0.4, 0.5) is 5.13 Å². The molecule has 0 radical (unpaired) electrons. The average Bonchev–Trinajstić information content (AvgIpc) is 3.20. The maximum atomic E-state index is 13.2. The van der Waals surface area contributed by atoms with Crippen LogP contribution in [0.15, 0.2) is 47.9 Å². The number of hydrogen-bond acceptors (Lipinski definition) is 5. The standard InChI is InChI=1S/C22H26ClN3O2S2/c1-16-7-8-18(14-17(16)2)19-15-29-21(24-19)25-10-12-26(13-11-25)30(27,28)20-6-4-5-9-22(20,3)23/h4-9,14-15,20H,10-13H2,1-3H3. The van der Waals surface area contributed by atoms with Gasteiger partial charge in [0.15, 0.2) is 5.13 Å². The first kappa shape index (κ1) is 21.6. The smallest absolute Gasteiger partial charge is 0.222 e. The van der Waals surface area contributed by atoms with E-state index in [0.29, 0.717) is 26.2 Å². The predicted octanol–water partition coefficient (Wildman–Crippen LogP) is 4.37. The van der Waals surface area contributed by atoms with E-state index in [1.165, 1.54) is 11.1 Å². The van der Waals surface area contributed by atoms with Crippen LogP contribution in [0.3, 0.4) is 0 Å². The Morgan fingerprint density at radius 1 is 1.13 bits per heavy atom. The van der Waals surface area contributed by atoms with E-state index in [0.717, 1.165) is 16.4 Å². The second-order valence-corrected chi connectivity index (χ2v) is 11.8. The van der Waals surface area contributed by atoms with Crippen molar-refractivity contribution in [2.45, 2.75) is 30.9 Å². The summed E-state index contributed by atoms with van der Waals surface area (Å²) in [7, 11) is -3.53. The summed E-state index contributed by atoms with van der Waals surface area (Å²) in [5, 5.41) is 2.25.